The largest absolute Gasteiger partial charge is 0.619 e. The van der Waals surface area contributed by atoms with Crippen molar-refractivity contribution in [3.8, 4) is 0 Å². The summed E-state index contributed by atoms with van der Waals surface area (Å²) in [6.07, 6.45) is 11.0. The van der Waals surface area contributed by atoms with Crippen LogP contribution in [0.5, 0.6) is 0 Å². The number of hydrogen-bond donors (Lipinski definition) is 1. The number of pyridine rings is 1. The van der Waals surface area contributed by atoms with E-state index in [1.807, 2.05) is 0 Å². The Bertz CT molecular complexity index is 407. The van der Waals surface area contributed by atoms with Crippen LogP contribution in [0.3, 0.4) is 0 Å². The zero-order chi connectivity index (χ0) is 16.0. The highest BCUT2D eigenvalue weighted by Crippen LogP contribution is 2.04. The first-order chi connectivity index (χ1) is 10.7. The summed E-state index contributed by atoms with van der Waals surface area (Å²) in [5, 5.41) is 13.7. The first-order valence-corrected chi connectivity index (χ1v) is 8.29. The number of carbonyl (C=O) groups is 1. The van der Waals surface area contributed by atoms with Crippen molar-refractivity contribution in [2.45, 2.75) is 51.9 Å². The van der Waals surface area contributed by atoms with Crippen LogP contribution in [0.4, 0.5) is 0 Å². The van der Waals surface area contributed by atoms with Crippen molar-refractivity contribution in [2.75, 3.05) is 19.8 Å². The summed E-state index contributed by atoms with van der Waals surface area (Å²) in [4.78, 5) is 11.8. The van der Waals surface area contributed by atoms with Crippen molar-refractivity contribution in [2.24, 2.45) is 0 Å². The number of carbonyl (C=O) groups excluding carboxylic acids is 1. The number of amides is 1. The molecule has 22 heavy (non-hydrogen) atoms. The van der Waals surface area contributed by atoms with E-state index in [-0.39, 0.29) is 5.91 Å². The molecule has 0 aliphatic carbocycles. The summed E-state index contributed by atoms with van der Waals surface area (Å²) in [5.74, 6) is -0.156. The minimum Gasteiger partial charge on any atom is -0.619 e. The van der Waals surface area contributed by atoms with Gasteiger partial charge in [-0.2, -0.15) is 4.73 Å². The summed E-state index contributed by atoms with van der Waals surface area (Å²) in [7, 11) is 0. The molecule has 0 radical (unpaired) electrons. The Balaban J connectivity index is 1.93. The fourth-order valence-corrected chi connectivity index (χ4v) is 2.13. The molecule has 0 atom stereocenters. The van der Waals surface area contributed by atoms with Gasteiger partial charge in [-0.3, -0.25) is 4.79 Å². The minimum absolute atomic E-state index is 0.156. The van der Waals surface area contributed by atoms with Crippen LogP contribution in [0.25, 0.3) is 0 Å². The molecule has 0 fully saturated rings. The Labute approximate surface area is 133 Å². The Hall–Kier alpha value is -1.62. The van der Waals surface area contributed by atoms with Crippen LogP contribution in [-0.2, 0) is 4.74 Å². The van der Waals surface area contributed by atoms with E-state index in [9.17, 15) is 10.0 Å². The fourth-order valence-electron chi connectivity index (χ4n) is 2.13. The van der Waals surface area contributed by atoms with E-state index >= 15 is 0 Å². The molecule has 0 aromatic carbocycles. The van der Waals surface area contributed by atoms with E-state index < -0.39 is 0 Å². The van der Waals surface area contributed by atoms with E-state index in [0.717, 1.165) is 19.4 Å². The predicted octanol–water partition coefficient (Wildman–Crippen LogP) is 2.82. The molecule has 1 N–H and O–H groups in total. The second kappa shape index (κ2) is 12.0. The summed E-state index contributed by atoms with van der Waals surface area (Å²) in [6.45, 7) is 4.29. The lowest BCUT2D eigenvalue weighted by Gasteiger charge is -2.06. The molecular formula is C17H28N2O3. The quantitative estimate of drug-likeness (QED) is 0.367. The first kappa shape index (κ1) is 18.4. The molecule has 0 saturated heterocycles. The highest BCUT2D eigenvalue weighted by Gasteiger charge is 2.05. The summed E-state index contributed by atoms with van der Waals surface area (Å²) in [5.41, 5.74) is 0.500. The number of nitrogens with one attached hydrogen (secondary N) is 1. The molecule has 1 aromatic rings. The fraction of sp³-hybridized carbons (Fsp3) is 0.647. The van der Waals surface area contributed by atoms with Gasteiger partial charge in [0.15, 0.2) is 12.4 Å². The highest BCUT2D eigenvalue weighted by atomic mass is 16.5. The minimum atomic E-state index is -0.156. The zero-order valence-electron chi connectivity index (χ0n) is 13.6. The third-order valence-corrected chi connectivity index (χ3v) is 3.46. The lowest BCUT2D eigenvalue weighted by molar-refractivity contribution is -0.605. The van der Waals surface area contributed by atoms with E-state index in [1.165, 1.54) is 56.6 Å². The van der Waals surface area contributed by atoms with Gasteiger partial charge in [-0.1, -0.05) is 39.0 Å². The third kappa shape index (κ3) is 8.62. The van der Waals surface area contributed by atoms with Gasteiger partial charge in [0, 0.05) is 31.9 Å². The average Bonchev–Trinajstić information content (AvgIpc) is 2.53. The van der Waals surface area contributed by atoms with Crippen molar-refractivity contribution < 1.29 is 14.3 Å². The second-order valence-electron chi connectivity index (χ2n) is 5.44. The van der Waals surface area contributed by atoms with Crippen molar-refractivity contribution in [3.63, 3.8) is 0 Å². The van der Waals surface area contributed by atoms with Crippen LogP contribution in [0.1, 0.15) is 62.2 Å². The maximum Gasteiger partial charge on any atom is 0.251 e. The summed E-state index contributed by atoms with van der Waals surface area (Å²) < 4.78 is 6.21. The maximum absolute atomic E-state index is 11.8. The Morgan fingerprint density at radius 2 is 1.73 bits per heavy atom. The highest BCUT2D eigenvalue weighted by molar-refractivity contribution is 5.93. The molecular weight excluding hydrogens is 280 g/mol. The summed E-state index contributed by atoms with van der Waals surface area (Å²) in [6, 6.07) is 3.02. The molecule has 5 nitrogen and oxygen atoms in total. The molecule has 0 bridgehead atoms. The zero-order valence-corrected chi connectivity index (χ0v) is 13.6. The van der Waals surface area contributed by atoms with Crippen molar-refractivity contribution in [3.05, 3.63) is 35.3 Å². The van der Waals surface area contributed by atoms with Crippen molar-refractivity contribution in [1.29, 1.82) is 0 Å². The van der Waals surface area contributed by atoms with Gasteiger partial charge < -0.3 is 15.3 Å². The molecule has 1 aromatic heterocycles. The van der Waals surface area contributed by atoms with Crippen molar-refractivity contribution in [1.82, 2.24) is 5.32 Å². The number of ether oxygens (including phenoxy) is 1. The van der Waals surface area contributed by atoms with E-state index in [4.69, 9.17) is 4.74 Å². The number of aromatic nitrogens is 1. The molecule has 1 amide bonds. The van der Waals surface area contributed by atoms with E-state index in [2.05, 4.69) is 12.2 Å². The SMILES string of the molecule is CCCCCCCCOCCCNC(=O)c1cc[n+]([O-])cc1. The molecule has 0 aliphatic rings. The first-order valence-electron chi connectivity index (χ1n) is 8.29. The second-order valence-corrected chi connectivity index (χ2v) is 5.44. The van der Waals surface area contributed by atoms with E-state index in [1.54, 1.807) is 0 Å². The molecule has 0 unspecified atom stereocenters. The van der Waals surface area contributed by atoms with E-state index in [0.29, 0.717) is 23.4 Å². The van der Waals surface area contributed by atoms with Gasteiger partial charge in [0.1, 0.15) is 0 Å². The molecule has 1 heterocycles. The topological polar surface area (TPSA) is 65.3 Å². The smallest absolute Gasteiger partial charge is 0.251 e. The van der Waals surface area contributed by atoms with Gasteiger partial charge in [0.05, 0.1) is 5.56 Å². The van der Waals surface area contributed by atoms with Gasteiger partial charge in [0.25, 0.3) is 5.91 Å². The van der Waals surface area contributed by atoms with Crippen LogP contribution in [0.2, 0.25) is 0 Å². The standard InChI is InChI=1S/C17H28N2O3/c1-2-3-4-5-6-7-14-22-15-8-11-18-17(20)16-9-12-19(21)13-10-16/h9-10,12-13H,2-8,11,14-15H2,1H3,(H,18,20). The maximum atomic E-state index is 11.8. The van der Waals surface area contributed by atoms with Gasteiger partial charge in [-0.15, -0.1) is 0 Å². The Morgan fingerprint density at radius 1 is 1.09 bits per heavy atom. The lowest BCUT2D eigenvalue weighted by Crippen LogP contribution is -2.28. The molecule has 0 spiro atoms. The Kier molecular flexibility index (Phi) is 10.0. The van der Waals surface area contributed by atoms with Crippen LogP contribution >= 0.6 is 0 Å². The number of rotatable bonds is 12. The summed E-state index contributed by atoms with van der Waals surface area (Å²) >= 11 is 0. The van der Waals surface area contributed by atoms with Gasteiger partial charge in [-0.25, -0.2) is 0 Å². The normalized spacial score (nSPS) is 10.6. The monoisotopic (exact) mass is 308 g/mol. The predicted molar refractivity (Wildman–Crippen MR) is 86.5 cm³/mol. The Morgan fingerprint density at radius 3 is 2.45 bits per heavy atom. The average molecular weight is 308 g/mol. The van der Waals surface area contributed by atoms with Crippen LogP contribution < -0.4 is 10.0 Å². The van der Waals surface area contributed by atoms with Crippen molar-refractivity contribution >= 4 is 5.91 Å². The molecule has 0 aliphatic heterocycles. The van der Waals surface area contributed by atoms with Crippen LogP contribution in [-0.4, -0.2) is 25.7 Å². The van der Waals surface area contributed by atoms with Crippen LogP contribution in [0.15, 0.2) is 24.5 Å². The van der Waals surface area contributed by atoms with Gasteiger partial charge in [0.2, 0.25) is 0 Å². The molecule has 124 valence electrons. The number of nitrogens with zero attached hydrogens (tertiary/aromatic N) is 1. The van der Waals surface area contributed by atoms with Crippen LogP contribution in [0, 0.1) is 5.21 Å². The number of unbranched alkanes of at least 4 members (excludes halogenated alkanes) is 5. The molecule has 1 rings (SSSR count). The lowest BCUT2D eigenvalue weighted by atomic mass is 10.1. The third-order valence-electron chi connectivity index (χ3n) is 3.46. The van der Waals surface area contributed by atoms with Gasteiger partial charge in [-0.05, 0) is 12.8 Å². The number of hydrogen-bond acceptors (Lipinski definition) is 3. The van der Waals surface area contributed by atoms with Gasteiger partial charge >= 0.3 is 0 Å². The molecule has 0 saturated carbocycles. The molecule has 5 heteroatoms.